The Kier molecular flexibility index (Phi) is 4.05. The van der Waals surface area contributed by atoms with Gasteiger partial charge in [-0.1, -0.05) is 48.5 Å². The zero-order valence-electron chi connectivity index (χ0n) is 15.8. The summed E-state index contributed by atoms with van der Waals surface area (Å²) in [5.74, 6) is 0.546. The van der Waals surface area contributed by atoms with Gasteiger partial charge in [0.2, 0.25) is 5.95 Å². The van der Waals surface area contributed by atoms with Gasteiger partial charge in [-0.25, -0.2) is 4.98 Å². The fourth-order valence-electron chi connectivity index (χ4n) is 3.51. The summed E-state index contributed by atoms with van der Waals surface area (Å²) in [6.45, 7) is 0.661. The van der Waals surface area contributed by atoms with E-state index in [-0.39, 0.29) is 5.56 Å². The Morgan fingerprint density at radius 2 is 1.69 bits per heavy atom. The zero-order valence-corrected chi connectivity index (χ0v) is 15.8. The number of fused-ring (bicyclic) bond motifs is 3. The van der Waals surface area contributed by atoms with E-state index in [4.69, 9.17) is 4.98 Å². The highest BCUT2D eigenvalue weighted by Crippen LogP contribution is 2.23. The van der Waals surface area contributed by atoms with Crippen molar-refractivity contribution in [3.8, 4) is 5.69 Å². The highest BCUT2D eigenvalue weighted by atomic mass is 16.1. The van der Waals surface area contributed by atoms with Gasteiger partial charge in [-0.2, -0.15) is 10.1 Å². The second kappa shape index (κ2) is 6.87. The molecule has 1 N–H and O–H groups in total. The molecule has 3 aromatic heterocycles. The van der Waals surface area contributed by atoms with Gasteiger partial charge in [-0.3, -0.25) is 14.5 Å². The molecule has 0 aliphatic rings. The number of rotatable bonds is 4. The maximum atomic E-state index is 13.2. The third-order valence-corrected chi connectivity index (χ3v) is 4.93. The summed E-state index contributed by atoms with van der Waals surface area (Å²) in [6.07, 6.45) is 3.30. The zero-order chi connectivity index (χ0) is 19.8. The summed E-state index contributed by atoms with van der Waals surface area (Å²) >= 11 is 0. The van der Waals surface area contributed by atoms with Gasteiger partial charge in [0.15, 0.2) is 5.65 Å². The molecule has 29 heavy (non-hydrogen) atoms. The van der Waals surface area contributed by atoms with Gasteiger partial charge in [0.1, 0.15) is 0 Å². The van der Waals surface area contributed by atoms with Crippen LogP contribution >= 0.6 is 0 Å². The molecular formula is C22H18N6O. The lowest BCUT2D eigenvalue weighted by Crippen LogP contribution is -2.22. The molecule has 0 radical (unpaired) electrons. The van der Waals surface area contributed by atoms with Crippen molar-refractivity contribution in [1.29, 1.82) is 0 Å². The lowest BCUT2D eigenvalue weighted by molar-refractivity contribution is 0.866. The molecule has 0 spiro atoms. The first-order valence-electron chi connectivity index (χ1n) is 9.28. The van der Waals surface area contributed by atoms with Crippen LogP contribution in [0, 0.1) is 0 Å². The highest BCUT2D eigenvalue weighted by Gasteiger charge is 2.17. The minimum absolute atomic E-state index is 0.164. The van der Waals surface area contributed by atoms with E-state index in [2.05, 4.69) is 27.3 Å². The normalized spacial score (nSPS) is 11.2. The monoisotopic (exact) mass is 382 g/mol. The molecule has 0 bridgehead atoms. The van der Waals surface area contributed by atoms with E-state index in [1.807, 2.05) is 60.5 Å². The Bertz CT molecular complexity index is 1360. The molecule has 5 rings (SSSR count). The number of hydrogen-bond acceptors (Lipinski definition) is 5. The Morgan fingerprint density at radius 3 is 2.45 bits per heavy atom. The van der Waals surface area contributed by atoms with E-state index in [9.17, 15) is 4.79 Å². The predicted octanol–water partition coefficient (Wildman–Crippen LogP) is 3.29. The number of anilines is 1. The maximum Gasteiger partial charge on any atom is 0.267 e. The Morgan fingerprint density at radius 1 is 0.966 bits per heavy atom. The quantitative estimate of drug-likeness (QED) is 0.516. The molecule has 0 saturated heterocycles. The molecule has 3 heterocycles. The molecule has 0 atom stereocenters. The molecule has 2 aromatic carbocycles. The van der Waals surface area contributed by atoms with Crippen LogP contribution < -0.4 is 10.5 Å². The standard InChI is InChI=1S/C22H18N6O/c1-27(14-15-8-4-2-5-9-15)22-23-12-17-19-18(13-24-26-19)21(29)28(20(17)25-22)16-10-6-3-7-11-16/h2-13H,14H2,1H3,(H,24,26). The molecule has 0 aliphatic heterocycles. The molecule has 142 valence electrons. The number of aromatic nitrogens is 5. The molecule has 7 nitrogen and oxygen atoms in total. The number of nitrogens with one attached hydrogen (secondary N) is 1. The van der Waals surface area contributed by atoms with E-state index < -0.39 is 0 Å². The van der Waals surface area contributed by atoms with Crippen molar-refractivity contribution in [3.63, 3.8) is 0 Å². The molecule has 0 saturated carbocycles. The largest absolute Gasteiger partial charge is 0.339 e. The third-order valence-electron chi connectivity index (χ3n) is 4.93. The minimum atomic E-state index is -0.164. The molecule has 0 unspecified atom stereocenters. The van der Waals surface area contributed by atoms with Gasteiger partial charge in [0, 0.05) is 19.8 Å². The van der Waals surface area contributed by atoms with Crippen LogP contribution in [0.1, 0.15) is 5.56 Å². The number of hydrogen-bond donors (Lipinski definition) is 1. The molecule has 0 fully saturated rings. The van der Waals surface area contributed by atoms with Gasteiger partial charge in [-0.15, -0.1) is 0 Å². The van der Waals surface area contributed by atoms with E-state index in [0.717, 1.165) is 16.6 Å². The van der Waals surface area contributed by atoms with Gasteiger partial charge >= 0.3 is 0 Å². The first-order chi connectivity index (χ1) is 14.2. The smallest absolute Gasteiger partial charge is 0.267 e. The van der Waals surface area contributed by atoms with Crippen LogP contribution in [0.3, 0.4) is 0 Å². The Balaban J connectivity index is 1.72. The summed E-state index contributed by atoms with van der Waals surface area (Å²) < 4.78 is 1.62. The van der Waals surface area contributed by atoms with Crippen molar-refractivity contribution in [2.45, 2.75) is 6.54 Å². The Labute approximate surface area is 166 Å². The van der Waals surface area contributed by atoms with Crippen LogP contribution in [-0.2, 0) is 6.54 Å². The number of para-hydroxylation sites is 1. The first-order valence-corrected chi connectivity index (χ1v) is 9.28. The van der Waals surface area contributed by atoms with Crippen molar-refractivity contribution in [2.24, 2.45) is 0 Å². The van der Waals surface area contributed by atoms with E-state index in [0.29, 0.717) is 29.0 Å². The van der Waals surface area contributed by atoms with Crippen LogP contribution in [0.2, 0.25) is 0 Å². The van der Waals surface area contributed by atoms with Crippen LogP contribution in [0.15, 0.2) is 77.9 Å². The van der Waals surface area contributed by atoms with Gasteiger partial charge in [0.25, 0.3) is 5.56 Å². The predicted molar refractivity (Wildman–Crippen MR) is 113 cm³/mol. The highest BCUT2D eigenvalue weighted by molar-refractivity contribution is 6.02. The second-order valence-electron chi connectivity index (χ2n) is 6.88. The summed E-state index contributed by atoms with van der Waals surface area (Å²) in [7, 11) is 1.94. The van der Waals surface area contributed by atoms with Crippen molar-refractivity contribution in [3.05, 3.63) is 89.0 Å². The fourth-order valence-corrected chi connectivity index (χ4v) is 3.51. The van der Waals surface area contributed by atoms with E-state index in [1.165, 1.54) is 0 Å². The lowest BCUT2D eigenvalue weighted by Gasteiger charge is -2.18. The lowest BCUT2D eigenvalue weighted by atomic mass is 10.2. The first kappa shape index (κ1) is 17.1. The maximum absolute atomic E-state index is 13.2. The van der Waals surface area contributed by atoms with Crippen LogP contribution in [0.25, 0.3) is 27.6 Å². The number of nitrogens with zero attached hydrogens (tertiary/aromatic N) is 5. The van der Waals surface area contributed by atoms with Crippen LogP contribution in [0.4, 0.5) is 5.95 Å². The van der Waals surface area contributed by atoms with E-state index in [1.54, 1.807) is 17.0 Å². The second-order valence-corrected chi connectivity index (χ2v) is 6.88. The molecule has 0 aliphatic carbocycles. The third kappa shape index (κ3) is 2.93. The van der Waals surface area contributed by atoms with Crippen LogP contribution in [-0.4, -0.2) is 31.8 Å². The molecular weight excluding hydrogens is 364 g/mol. The molecule has 7 heteroatoms. The van der Waals surface area contributed by atoms with Crippen molar-refractivity contribution < 1.29 is 0 Å². The average Bonchev–Trinajstić information content (AvgIpc) is 3.26. The number of pyridine rings is 1. The number of aromatic amines is 1. The van der Waals surface area contributed by atoms with Gasteiger partial charge in [0.05, 0.1) is 28.2 Å². The molecule has 5 aromatic rings. The summed E-state index contributed by atoms with van der Waals surface area (Å²) in [5.41, 5.74) is 2.93. The van der Waals surface area contributed by atoms with Crippen LogP contribution in [0.5, 0.6) is 0 Å². The summed E-state index contributed by atoms with van der Waals surface area (Å²) in [5, 5.41) is 8.23. The van der Waals surface area contributed by atoms with Crippen molar-refractivity contribution in [2.75, 3.05) is 11.9 Å². The van der Waals surface area contributed by atoms with Gasteiger partial charge < -0.3 is 4.90 Å². The molecule has 0 amide bonds. The summed E-state index contributed by atoms with van der Waals surface area (Å²) in [4.78, 5) is 24.5. The topological polar surface area (TPSA) is 79.7 Å². The van der Waals surface area contributed by atoms with Crippen molar-refractivity contribution in [1.82, 2.24) is 24.7 Å². The number of H-pyrrole nitrogens is 1. The van der Waals surface area contributed by atoms with Crippen molar-refractivity contribution >= 4 is 27.9 Å². The average molecular weight is 382 g/mol. The number of benzene rings is 2. The van der Waals surface area contributed by atoms with Gasteiger partial charge in [-0.05, 0) is 17.7 Å². The SMILES string of the molecule is CN(Cc1ccccc1)c1ncc2c3[nH]ncc3c(=O)n(-c3ccccc3)c2n1. The van der Waals surface area contributed by atoms with E-state index >= 15 is 0 Å². The fraction of sp³-hybridized carbons (Fsp3) is 0.0909. The summed E-state index contributed by atoms with van der Waals surface area (Å²) in [6, 6.07) is 19.6. The minimum Gasteiger partial charge on any atom is -0.339 e. The Hall–Kier alpha value is -4.00.